The highest BCUT2D eigenvalue weighted by Crippen LogP contribution is 2.11. The van der Waals surface area contributed by atoms with Crippen LogP contribution in [0.2, 0.25) is 0 Å². The number of nitrogen functional groups attached to an aromatic ring is 1. The Hall–Kier alpha value is -2.16. The van der Waals surface area contributed by atoms with Crippen LogP contribution < -0.4 is 11.1 Å². The number of carboxylic acid groups (broad SMARTS) is 2. The molecule has 0 spiro atoms. The average Bonchev–Trinajstić information content (AvgIpc) is 2.62. The van der Waals surface area contributed by atoms with Crippen LogP contribution in [-0.4, -0.2) is 39.1 Å². The van der Waals surface area contributed by atoms with Gasteiger partial charge < -0.3 is 21.3 Å². The molecule has 0 aliphatic heterocycles. The van der Waals surface area contributed by atoms with Crippen LogP contribution in [0.4, 0.5) is 5.13 Å². The third-order valence-corrected chi connectivity index (χ3v) is 2.65. The summed E-state index contributed by atoms with van der Waals surface area (Å²) in [6.07, 6.45) is -0.822. The van der Waals surface area contributed by atoms with Crippen LogP contribution in [0.25, 0.3) is 0 Å². The van der Waals surface area contributed by atoms with E-state index in [1.165, 1.54) is 0 Å². The van der Waals surface area contributed by atoms with Crippen molar-refractivity contribution in [2.45, 2.75) is 18.9 Å². The molecule has 0 aliphatic rings. The maximum absolute atomic E-state index is 11.5. The molecule has 1 aromatic heterocycles. The van der Waals surface area contributed by atoms with Crippen molar-refractivity contribution >= 4 is 34.3 Å². The quantitative estimate of drug-likeness (QED) is 0.537. The van der Waals surface area contributed by atoms with Gasteiger partial charge in [-0.25, -0.2) is 9.78 Å². The second kappa shape index (κ2) is 5.96. The molecular formula is C9H11N3O5S. The number of aromatic nitrogens is 1. The number of amides is 1. The molecule has 0 saturated heterocycles. The Morgan fingerprint density at radius 1 is 1.44 bits per heavy atom. The molecule has 0 aliphatic carbocycles. The van der Waals surface area contributed by atoms with Gasteiger partial charge in [0.15, 0.2) is 5.13 Å². The fourth-order valence-corrected chi connectivity index (χ4v) is 1.75. The molecule has 98 valence electrons. The third kappa shape index (κ3) is 4.37. The molecule has 1 rings (SSSR count). The monoisotopic (exact) mass is 273 g/mol. The molecule has 0 bridgehead atoms. The van der Waals surface area contributed by atoms with Crippen molar-refractivity contribution < 1.29 is 24.6 Å². The average molecular weight is 273 g/mol. The second-order valence-electron chi connectivity index (χ2n) is 3.41. The van der Waals surface area contributed by atoms with Crippen molar-refractivity contribution in [2.24, 2.45) is 0 Å². The summed E-state index contributed by atoms with van der Waals surface area (Å²) in [7, 11) is 0. The first-order valence-corrected chi connectivity index (χ1v) is 5.70. The maximum Gasteiger partial charge on any atom is 0.326 e. The molecule has 0 aromatic carbocycles. The Labute approximate surface area is 105 Å². The van der Waals surface area contributed by atoms with E-state index in [0.29, 0.717) is 10.8 Å². The van der Waals surface area contributed by atoms with Crippen LogP contribution in [0.15, 0.2) is 5.38 Å². The normalized spacial score (nSPS) is 11.8. The van der Waals surface area contributed by atoms with Crippen molar-refractivity contribution in [1.29, 1.82) is 0 Å². The molecule has 18 heavy (non-hydrogen) atoms. The van der Waals surface area contributed by atoms with E-state index < -0.39 is 30.3 Å². The van der Waals surface area contributed by atoms with Gasteiger partial charge in [0, 0.05) is 5.38 Å². The second-order valence-corrected chi connectivity index (χ2v) is 4.30. The van der Waals surface area contributed by atoms with E-state index in [4.69, 9.17) is 15.9 Å². The number of carbonyl (C=O) groups excluding carboxylic acids is 1. The van der Waals surface area contributed by atoms with Crippen LogP contribution in [0.1, 0.15) is 12.1 Å². The number of nitrogens with zero attached hydrogens (tertiary/aromatic N) is 1. The van der Waals surface area contributed by atoms with Gasteiger partial charge in [-0.15, -0.1) is 11.3 Å². The van der Waals surface area contributed by atoms with Crippen molar-refractivity contribution in [3.05, 3.63) is 11.1 Å². The summed E-state index contributed by atoms with van der Waals surface area (Å²) in [4.78, 5) is 36.4. The first-order valence-electron chi connectivity index (χ1n) is 4.82. The number of thiazole rings is 1. The van der Waals surface area contributed by atoms with Gasteiger partial charge in [0.05, 0.1) is 18.5 Å². The Bertz CT molecular complexity index is 473. The highest BCUT2D eigenvalue weighted by molar-refractivity contribution is 7.13. The standard InChI is InChI=1S/C9H11N3O5S/c10-9-11-4(3-18-9)1-6(13)12-5(8(16)17)2-7(14)15/h3,5H,1-2H2,(H2,10,11)(H,12,13)(H,14,15)(H,16,17). The molecule has 0 saturated carbocycles. The van der Waals surface area contributed by atoms with Gasteiger partial charge in [-0.05, 0) is 0 Å². The maximum atomic E-state index is 11.5. The zero-order chi connectivity index (χ0) is 13.7. The van der Waals surface area contributed by atoms with E-state index in [0.717, 1.165) is 11.3 Å². The number of anilines is 1. The summed E-state index contributed by atoms with van der Waals surface area (Å²) in [6, 6.07) is -1.45. The molecule has 1 heterocycles. The van der Waals surface area contributed by atoms with Crippen molar-refractivity contribution in [1.82, 2.24) is 10.3 Å². The van der Waals surface area contributed by atoms with Crippen LogP contribution in [0.3, 0.4) is 0 Å². The minimum atomic E-state index is -1.45. The summed E-state index contributed by atoms with van der Waals surface area (Å²) in [5.74, 6) is -3.32. The van der Waals surface area contributed by atoms with E-state index >= 15 is 0 Å². The fourth-order valence-electron chi connectivity index (χ4n) is 1.19. The lowest BCUT2D eigenvalue weighted by Gasteiger charge is -2.11. The molecule has 0 radical (unpaired) electrons. The Morgan fingerprint density at radius 2 is 2.11 bits per heavy atom. The first kappa shape index (κ1) is 13.9. The van der Waals surface area contributed by atoms with Crippen LogP contribution in [0, 0.1) is 0 Å². The fraction of sp³-hybridized carbons (Fsp3) is 0.333. The summed E-state index contributed by atoms with van der Waals surface area (Å²) in [6.45, 7) is 0. The lowest BCUT2D eigenvalue weighted by Crippen LogP contribution is -2.42. The van der Waals surface area contributed by atoms with E-state index in [9.17, 15) is 14.4 Å². The number of hydrogen-bond donors (Lipinski definition) is 4. The molecule has 1 unspecified atom stereocenters. The van der Waals surface area contributed by atoms with Crippen LogP contribution in [-0.2, 0) is 20.8 Å². The van der Waals surface area contributed by atoms with Crippen molar-refractivity contribution in [2.75, 3.05) is 5.73 Å². The number of carbonyl (C=O) groups is 3. The SMILES string of the molecule is Nc1nc(CC(=O)NC(CC(=O)O)C(=O)O)cs1. The number of carboxylic acids is 2. The van der Waals surface area contributed by atoms with Crippen molar-refractivity contribution in [3.63, 3.8) is 0 Å². The van der Waals surface area contributed by atoms with E-state index in [-0.39, 0.29) is 6.42 Å². The molecular weight excluding hydrogens is 262 g/mol. The predicted molar refractivity (Wildman–Crippen MR) is 62.0 cm³/mol. The number of rotatable bonds is 6. The number of nitrogens with two attached hydrogens (primary N) is 1. The number of nitrogens with one attached hydrogen (secondary N) is 1. The lowest BCUT2D eigenvalue weighted by molar-refractivity contribution is -0.147. The van der Waals surface area contributed by atoms with Gasteiger partial charge in [-0.1, -0.05) is 0 Å². The minimum Gasteiger partial charge on any atom is -0.481 e. The zero-order valence-electron chi connectivity index (χ0n) is 9.12. The van der Waals surface area contributed by atoms with E-state index in [1.807, 2.05) is 0 Å². The largest absolute Gasteiger partial charge is 0.481 e. The zero-order valence-corrected chi connectivity index (χ0v) is 9.94. The number of hydrogen-bond acceptors (Lipinski definition) is 6. The Morgan fingerprint density at radius 3 is 2.56 bits per heavy atom. The van der Waals surface area contributed by atoms with Gasteiger partial charge in [-0.3, -0.25) is 9.59 Å². The highest BCUT2D eigenvalue weighted by atomic mass is 32.1. The molecule has 5 N–H and O–H groups in total. The molecule has 0 fully saturated rings. The molecule has 9 heteroatoms. The van der Waals surface area contributed by atoms with E-state index in [1.54, 1.807) is 5.38 Å². The van der Waals surface area contributed by atoms with Crippen molar-refractivity contribution in [3.8, 4) is 0 Å². The molecule has 1 amide bonds. The van der Waals surface area contributed by atoms with E-state index in [2.05, 4.69) is 10.3 Å². The molecule has 8 nitrogen and oxygen atoms in total. The highest BCUT2D eigenvalue weighted by Gasteiger charge is 2.23. The van der Waals surface area contributed by atoms with Gasteiger partial charge >= 0.3 is 11.9 Å². The predicted octanol–water partition coefficient (Wildman–Crippen LogP) is -0.688. The lowest BCUT2D eigenvalue weighted by atomic mass is 10.2. The number of aliphatic carboxylic acids is 2. The Kier molecular flexibility index (Phi) is 4.60. The van der Waals surface area contributed by atoms with Crippen LogP contribution in [0.5, 0.6) is 0 Å². The summed E-state index contributed by atoms with van der Waals surface area (Å²) < 4.78 is 0. The van der Waals surface area contributed by atoms with Gasteiger partial charge in [-0.2, -0.15) is 0 Å². The third-order valence-electron chi connectivity index (χ3n) is 1.92. The summed E-state index contributed by atoms with van der Waals surface area (Å²) in [5, 5.41) is 21.2. The minimum absolute atomic E-state index is 0.142. The Balaban J connectivity index is 2.56. The topological polar surface area (TPSA) is 143 Å². The first-order chi connectivity index (χ1) is 8.38. The molecule has 1 atom stereocenters. The smallest absolute Gasteiger partial charge is 0.326 e. The molecule has 1 aromatic rings. The summed E-state index contributed by atoms with van der Waals surface area (Å²) >= 11 is 1.16. The summed E-state index contributed by atoms with van der Waals surface area (Å²) in [5.41, 5.74) is 5.79. The van der Waals surface area contributed by atoms with Crippen LogP contribution >= 0.6 is 11.3 Å². The van der Waals surface area contributed by atoms with Gasteiger partial charge in [0.25, 0.3) is 0 Å². The van der Waals surface area contributed by atoms with Gasteiger partial charge in [0.2, 0.25) is 5.91 Å². The van der Waals surface area contributed by atoms with Gasteiger partial charge in [0.1, 0.15) is 6.04 Å².